The summed E-state index contributed by atoms with van der Waals surface area (Å²) >= 11 is 6.03. The maximum atomic E-state index is 14.0. The molecule has 218 valence electrons. The Morgan fingerprint density at radius 2 is 1.78 bits per heavy atom. The van der Waals surface area contributed by atoms with Gasteiger partial charge in [-0.1, -0.05) is 48.0 Å². The van der Waals surface area contributed by atoms with Crippen LogP contribution in [0.25, 0.3) is 12.2 Å². The number of ether oxygens (including phenoxy) is 1. The lowest BCUT2D eigenvalue weighted by Gasteiger charge is -2.35. The Hall–Kier alpha value is -3.64. The number of hydrogen-bond acceptors (Lipinski definition) is 4. The molecular weight excluding hydrogens is 593 g/mol. The van der Waals surface area contributed by atoms with Crippen LogP contribution in [0.15, 0.2) is 65.6 Å². The highest BCUT2D eigenvalue weighted by atomic mass is 35.5. The van der Waals surface area contributed by atoms with Gasteiger partial charge in [-0.3, -0.25) is 9.10 Å². The van der Waals surface area contributed by atoms with Crippen molar-refractivity contribution in [2.45, 2.75) is 42.9 Å². The number of carboxylic acid groups (broad SMARTS) is 1. The first-order valence-electron chi connectivity index (χ1n) is 12.1. The van der Waals surface area contributed by atoms with E-state index in [9.17, 15) is 35.2 Å². The van der Waals surface area contributed by atoms with Crippen LogP contribution >= 0.6 is 11.6 Å². The second-order valence-corrected chi connectivity index (χ2v) is 11.7. The fourth-order valence-electron chi connectivity index (χ4n) is 4.29. The number of fused-ring (bicyclic) bond motifs is 1. The van der Waals surface area contributed by atoms with Gasteiger partial charge in [-0.25, -0.2) is 17.2 Å². The van der Waals surface area contributed by atoms with Crippen LogP contribution in [0.1, 0.15) is 42.0 Å². The van der Waals surface area contributed by atoms with Crippen molar-refractivity contribution in [3.63, 3.8) is 0 Å². The van der Waals surface area contributed by atoms with Crippen LogP contribution in [0, 0.1) is 0 Å². The zero-order chi connectivity index (χ0) is 30.2. The third-order valence-corrected chi connectivity index (χ3v) is 8.43. The van der Waals surface area contributed by atoms with E-state index in [-0.39, 0.29) is 41.4 Å². The van der Waals surface area contributed by atoms with Gasteiger partial charge in [0.15, 0.2) is 0 Å². The van der Waals surface area contributed by atoms with Gasteiger partial charge in [0.2, 0.25) is 0 Å². The van der Waals surface area contributed by atoms with E-state index in [1.807, 2.05) is 0 Å². The second kappa shape index (κ2) is 11.3. The summed E-state index contributed by atoms with van der Waals surface area (Å²) in [5, 5.41) is 8.94. The SMILES string of the molecule is CC(F)(F)c1cccc(S(=O)(=O)N2C[C@H](CCC(=O)O)Oc3ccc(/C=C/c4c(Cl)cccc4C(F)(F)F)cc32)c1. The van der Waals surface area contributed by atoms with Crippen LogP contribution in [0.5, 0.6) is 5.75 Å². The molecule has 0 aromatic heterocycles. The number of alkyl halides is 5. The Morgan fingerprint density at radius 1 is 1.07 bits per heavy atom. The average molecular weight is 616 g/mol. The zero-order valence-electron chi connectivity index (χ0n) is 21.3. The van der Waals surface area contributed by atoms with Crippen molar-refractivity contribution in [2.24, 2.45) is 0 Å². The molecule has 0 unspecified atom stereocenters. The van der Waals surface area contributed by atoms with Gasteiger partial charge < -0.3 is 9.84 Å². The Morgan fingerprint density at radius 3 is 2.44 bits per heavy atom. The molecule has 6 nitrogen and oxygen atoms in total. The smallest absolute Gasteiger partial charge is 0.417 e. The molecule has 4 rings (SSSR count). The number of anilines is 1. The molecule has 1 aliphatic heterocycles. The van der Waals surface area contributed by atoms with E-state index < -0.39 is 50.2 Å². The first-order valence-corrected chi connectivity index (χ1v) is 14.0. The maximum absolute atomic E-state index is 14.0. The summed E-state index contributed by atoms with van der Waals surface area (Å²) in [7, 11) is -4.47. The minimum Gasteiger partial charge on any atom is -0.486 e. The standard InChI is InChI=1S/C28H23ClF5NO5S/c1-27(30,31)18-4-2-5-20(15-18)41(38,39)35-16-19(10-13-26(36)37)40-25-12-9-17(14-24(25)35)8-11-21-22(28(32,33)34)6-3-7-23(21)29/h2-9,11-12,14-15,19H,10,13,16H2,1H3,(H,36,37)/b11-8+/t19-/m0/s1. The number of halogens is 6. The third-order valence-electron chi connectivity index (χ3n) is 6.32. The first kappa shape index (κ1) is 30.3. The predicted molar refractivity (Wildman–Crippen MR) is 144 cm³/mol. The number of hydrogen-bond donors (Lipinski definition) is 1. The fraction of sp³-hybridized carbons (Fsp3) is 0.250. The van der Waals surface area contributed by atoms with Gasteiger partial charge in [-0.05, 0) is 48.4 Å². The summed E-state index contributed by atoms with van der Waals surface area (Å²) in [5.74, 6) is -4.37. The summed E-state index contributed by atoms with van der Waals surface area (Å²) in [4.78, 5) is 10.7. The molecule has 1 aliphatic rings. The average Bonchev–Trinajstić information content (AvgIpc) is 2.89. The van der Waals surface area contributed by atoms with Crippen molar-refractivity contribution in [2.75, 3.05) is 10.8 Å². The summed E-state index contributed by atoms with van der Waals surface area (Å²) in [6.45, 7) is 0.303. The van der Waals surface area contributed by atoms with Crippen LogP contribution < -0.4 is 9.04 Å². The highest BCUT2D eigenvalue weighted by Crippen LogP contribution is 2.40. The number of nitrogens with zero attached hydrogens (tertiary/aromatic N) is 1. The fourth-order valence-corrected chi connectivity index (χ4v) is 6.07. The van der Waals surface area contributed by atoms with Gasteiger partial charge in [0.25, 0.3) is 15.9 Å². The van der Waals surface area contributed by atoms with Crippen LogP contribution in [-0.2, 0) is 26.9 Å². The normalized spacial score (nSPS) is 16.0. The van der Waals surface area contributed by atoms with Crippen LogP contribution in [-0.4, -0.2) is 32.1 Å². The van der Waals surface area contributed by atoms with E-state index >= 15 is 0 Å². The number of rotatable bonds is 8. The van der Waals surface area contributed by atoms with Crippen molar-refractivity contribution in [3.8, 4) is 5.75 Å². The van der Waals surface area contributed by atoms with E-state index in [1.54, 1.807) is 0 Å². The van der Waals surface area contributed by atoms with Crippen LogP contribution in [0.3, 0.4) is 0 Å². The van der Waals surface area contributed by atoms with E-state index in [0.717, 1.165) is 34.6 Å². The Kier molecular flexibility index (Phi) is 8.38. The number of carbonyl (C=O) groups is 1. The highest BCUT2D eigenvalue weighted by Gasteiger charge is 2.36. The molecule has 0 spiro atoms. The lowest BCUT2D eigenvalue weighted by atomic mass is 10.0. The first-order chi connectivity index (χ1) is 19.1. The minimum absolute atomic E-state index is 0.00240. The van der Waals surface area contributed by atoms with Crippen molar-refractivity contribution < 1.29 is 45.0 Å². The summed E-state index contributed by atoms with van der Waals surface area (Å²) in [6, 6.07) is 11.9. The number of sulfonamides is 1. The molecule has 0 aliphatic carbocycles. The molecule has 1 heterocycles. The molecule has 0 saturated heterocycles. The number of carboxylic acids is 1. The van der Waals surface area contributed by atoms with Gasteiger partial charge in [0, 0.05) is 29.5 Å². The second-order valence-electron chi connectivity index (χ2n) is 9.38. The number of benzene rings is 3. The Bertz CT molecular complexity index is 1600. The van der Waals surface area contributed by atoms with E-state index in [2.05, 4.69) is 0 Å². The van der Waals surface area contributed by atoms with Crippen LogP contribution in [0.4, 0.5) is 27.6 Å². The largest absolute Gasteiger partial charge is 0.486 e. The summed E-state index contributed by atoms with van der Waals surface area (Å²) in [5.41, 5.74) is -1.47. The lowest BCUT2D eigenvalue weighted by Crippen LogP contribution is -2.43. The molecular formula is C28H23ClF5NO5S. The van der Waals surface area contributed by atoms with E-state index in [0.29, 0.717) is 12.5 Å². The monoisotopic (exact) mass is 615 g/mol. The van der Waals surface area contributed by atoms with E-state index in [1.165, 1.54) is 42.5 Å². The Balaban J connectivity index is 1.78. The number of aliphatic carboxylic acids is 1. The molecule has 0 amide bonds. The molecule has 0 saturated carbocycles. The van der Waals surface area contributed by atoms with Crippen molar-refractivity contribution in [1.29, 1.82) is 0 Å². The minimum atomic E-state index is -4.67. The molecule has 0 radical (unpaired) electrons. The Labute approximate surface area is 237 Å². The molecule has 3 aromatic rings. The van der Waals surface area contributed by atoms with Gasteiger partial charge in [-0.15, -0.1) is 0 Å². The maximum Gasteiger partial charge on any atom is 0.417 e. The topological polar surface area (TPSA) is 83.9 Å². The summed E-state index contributed by atoms with van der Waals surface area (Å²) in [6.07, 6.45) is -3.43. The van der Waals surface area contributed by atoms with Crippen molar-refractivity contribution >= 4 is 45.4 Å². The van der Waals surface area contributed by atoms with Gasteiger partial charge in [-0.2, -0.15) is 13.2 Å². The third kappa shape index (κ3) is 6.82. The van der Waals surface area contributed by atoms with Crippen molar-refractivity contribution in [3.05, 3.63) is 87.9 Å². The van der Waals surface area contributed by atoms with Gasteiger partial charge in [0.05, 0.1) is 22.7 Å². The van der Waals surface area contributed by atoms with Crippen molar-refractivity contribution in [1.82, 2.24) is 0 Å². The highest BCUT2D eigenvalue weighted by molar-refractivity contribution is 7.92. The molecule has 0 bridgehead atoms. The molecule has 0 fully saturated rings. The molecule has 1 atom stereocenters. The van der Waals surface area contributed by atoms with Gasteiger partial charge in [0.1, 0.15) is 11.9 Å². The van der Waals surface area contributed by atoms with Gasteiger partial charge >= 0.3 is 12.1 Å². The zero-order valence-corrected chi connectivity index (χ0v) is 22.9. The van der Waals surface area contributed by atoms with Crippen LogP contribution in [0.2, 0.25) is 5.02 Å². The molecule has 1 N–H and O–H groups in total. The quantitative estimate of drug-likeness (QED) is 0.210. The molecule has 13 heteroatoms. The summed E-state index contributed by atoms with van der Waals surface area (Å²) < 4.78 is 103. The predicted octanol–water partition coefficient (Wildman–Crippen LogP) is 7.46. The molecule has 41 heavy (non-hydrogen) atoms. The lowest BCUT2D eigenvalue weighted by molar-refractivity contribution is -0.138. The molecule has 3 aromatic carbocycles. The van der Waals surface area contributed by atoms with E-state index in [4.69, 9.17) is 21.4 Å².